The topological polar surface area (TPSA) is 42.0 Å². The summed E-state index contributed by atoms with van der Waals surface area (Å²) in [7, 11) is 3.21. The van der Waals surface area contributed by atoms with Crippen molar-refractivity contribution in [2.24, 2.45) is 0 Å². The van der Waals surface area contributed by atoms with E-state index in [1.54, 1.807) is 19.1 Å². The number of hydrogen-bond donors (Lipinski definition) is 0. The van der Waals surface area contributed by atoms with E-state index in [2.05, 4.69) is 11.5 Å². The zero-order valence-corrected chi connectivity index (χ0v) is 12.8. The van der Waals surface area contributed by atoms with E-state index in [4.69, 9.17) is 9.47 Å². The number of anilines is 1. The van der Waals surface area contributed by atoms with Crippen molar-refractivity contribution in [1.82, 2.24) is 4.90 Å². The highest BCUT2D eigenvalue weighted by Crippen LogP contribution is 2.33. The molecule has 1 heterocycles. The predicted octanol–water partition coefficient (Wildman–Crippen LogP) is 1.93. The molecule has 2 rings (SSSR count). The van der Waals surface area contributed by atoms with Gasteiger partial charge < -0.3 is 14.4 Å². The molecule has 0 aromatic heterocycles. The molecule has 1 amide bonds. The number of carbonyl (C=O) groups is 1. The molecule has 114 valence electrons. The maximum absolute atomic E-state index is 12.6. The summed E-state index contributed by atoms with van der Waals surface area (Å²) in [5.41, 5.74) is 0.756. The molecule has 0 N–H and O–H groups in total. The number of carbonyl (C=O) groups excluding carboxylic acids is 1. The van der Waals surface area contributed by atoms with Gasteiger partial charge in [0.1, 0.15) is 11.5 Å². The zero-order valence-electron chi connectivity index (χ0n) is 12.8. The van der Waals surface area contributed by atoms with E-state index < -0.39 is 0 Å². The van der Waals surface area contributed by atoms with Gasteiger partial charge in [-0.3, -0.25) is 9.69 Å². The van der Waals surface area contributed by atoms with E-state index in [1.165, 1.54) is 0 Å². The van der Waals surface area contributed by atoms with Crippen LogP contribution >= 0.6 is 0 Å². The number of rotatable bonds is 5. The molecular weight excluding hydrogens is 268 g/mol. The number of amides is 1. The molecule has 1 aromatic rings. The van der Waals surface area contributed by atoms with E-state index in [9.17, 15) is 4.79 Å². The fourth-order valence-electron chi connectivity index (χ4n) is 2.58. The first-order valence-electron chi connectivity index (χ1n) is 7.00. The fraction of sp³-hybridized carbons (Fsp3) is 0.438. The van der Waals surface area contributed by atoms with Gasteiger partial charge in [-0.05, 0) is 19.1 Å². The van der Waals surface area contributed by atoms with Gasteiger partial charge in [-0.15, -0.1) is 6.58 Å². The van der Waals surface area contributed by atoms with Gasteiger partial charge in [-0.1, -0.05) is 6.08 Å². The van der Waals surface area contributed by atoms with Gasteiger partial charge in [-0.2, -0.15) is 0 Å². The predicted molar refractivity (Wildman–Crippen MR) is 83.1 cm³/mol. The van der Waals surface area contributed by atoms with Crippen LogP contribution in [0.1, 0.15) is 6.92 Å². The lowest BCUT2D eigenvalue weighted by Gasteiger charge is -2.39. The van der Waals surface area contributed by atoms with Crippen LogP contribution < -0.4 is 14.4 Å². The summed E-state index contributed by atoms with van der Waals surface area (Å²) in [6.07, 6.45) is 1.82. The summed E-state index contributed by atoms with van der Waals surface area (Å²) in [6, 6.07) is 5.31. The normalized spacial score (nSPS) is 19.5. The molecule has 1 aromatic carbocycles. The van der Waals surface area contributed by atoms with Gasteiger partial charge >= 0.3 is 0 Å². The average Bonchev–Trinajstić information content (AvgIpc) is 2.51. The van der Waals surface area contributed by atoms with Crippen LogP contribution in [-0.4, -0.2) is 50.7 Å². The Morgan fingerprint density at radius 2 is 2.10 bits per heavy atom. The lowest BCUT2D eigenvalue weighted by Crippen LogP contribution is -2.56. The smallest absolute Gasteiger partial charge is 0.244 e. The molecule has 1 fully saturated rings. The summed E-state index contributed by atoms with van der Waals surface area (Å²) in [4.78, 5) is 16.5. The van der Waals surface area contributed by atoms with Gasteiger partial charge in [0, 0.05) is 25.7 Å². The third kappa shape index (κ3) is 3.03. The first-order valence-corrected chi connectivity index (χ1v) is 7.00. The maximum Gasteiger partial charge on any atom is 0.244 e. The van der Waals surface area contributed by atoms with Gasteiger partial charge in [-0.25, -0.2) is 0 Å². The average molecular weight is 290 g/mol. The van der Waals surface area contributed by atoms with Crippen molar-refractivity contribution >= 4 is 11.6 Å². The van der Waals surface area contributed by atoms with Crippen molar-refractivity contribution < 1.29 is 14.3 Å². The molecule has 1 aliphatic heterocycles. The second kappa shape index (κ2) is 6.63. The SMILES string of the molecule is C=CCN1CCN(c2cc(OC)ccc2OC)C(=O)C1C. The van der Waals surface area contributed by atoms with Crippen LogP contribution in [0, 0.1) is 0 Å². The Hall–Kier alpha value is -2.01. The summed E-state index contributed by atoms with van der Waals surface area (Å²) in [6.45, 7) is 7.81. The Morgan fingerprint density at radius 3 is 2.71 bits per heavy atom. The third-order valence-electron chi connectivity index (χ3n) is 3.82. The number of hydrogen-bond acceptors (Lipinski definition) is 4. The van der Waals surface area contributed by atoms with Crippen molar-refractivity contribution in [2.75, 3.05) is 38.8 Å². The second-order valence-electron chi connectivity index (χ2n) is 4.99. The van der Waals surface area contributed by atoms with Crippen molar-refractivity contribution in [1.29, 1.82) is 0 Å². The van der Waals surface area contributed by atoms with Gasteiger partial charge in [0.2, 0.25) is 5.91 Å². The maximum atomic E-state index is 12.6. The van der Waals surface area contributed by atoms with Crippen LogP contribution in [-0.2, 0) is 4.79 Å². The Balaban J connectivity index is 2.30. The second-order valence-corrected chi connectivity index (χ2v) is 4.99. The van der Waals surface area contributed by atoms with Crippen molar-refractivity contribution in [2.45, 2.75) is 13.0 Å². The molecule has 1 unspecified atom stereocenters. The molecule has 0 bridgehead atoms. The van der Waals surface area contributed by atoms with Crippen molar-refractivity contribution in [3.8, 4) is 11.5 Å². The number of nitrogens with zero attached hydrogens (tertiary/aromatic N) is 2. The van der Waals surface area contributed by atoms with Crippen LogP contribution in [0.4, 0.5) is 5.69 Å². The molecule has 0 saturated carbocycles. The minimum absolute atomic E-state index is 0.0645. The van der Waals surface area contributed by atoms with Crippen LogP contribution in [0.3, 0.4) is 0 Å². The number of ether oxygens (including phenoxy) is 2. The van der Waals surface area contributed by atoms with Gasteiger partial charge in [0.25, 0.3) is 0 Å². The van der Waals surface area contributed by atoms with E-state index in [0.29, 0.717) is 18.0 Å². The minimum Gasteiger partial charge on any atom is -0.497 e. The Kier molecular flexibility index (Phi) is 4.85. The molecule has 1 saturated heterocycles. The Bertz CT molecular complexity index is 530. The standard InChI is InChI=1S/C16H22N2O3/c1-5-8-17-9-10-18(16(19)12(17)2)14-11-13(20-3)6-7-15(14)21-4/h5-7,11-12H,1,8-10H2,2-4H3. The third-order valence-corrected chi connectivity index (χ3v) is 3.82. The van der Waals surface area contributed by atoms with Crippen LogP contribution in [0.5, 0.6) is 11.5 Å². The Morgan fingerprint density at radius 1 is 1.33 bits per heavy atom. The molecule has 1 atom stereocenters. The molecule has 5 heteroatoms. The molecule has 1 aliphatic rings. The van der Waals surface area contributed by atoms with Crippen molar-refractivity contribution in [3.63, 3.8) is 0 Å². The molecule has 5 nitrogen and oxygen atoms in total. The van der Waals surface area contributed by atoms with E-state index in [0.717, 1.165) is 18.8 Å². The summed E-state index contributed by atoms with van der Waals surface area (Å²) >= 11 is 0. The highest BCUT2D eigenvalue weighted by Gasteiger charge is 2.32. The first kappa shape index (κ1) is 15.4. The molecule has 0 radical (unpaired) electrons. The highest BCUT2D eigenvalue weighted by atomic mass is 16.5. The zero-order chi connectivity index (χ0) is 15.4. The van der Waals surface area contributed by atoms with E-state index in [-0.39, 0.29) is 11.9 Å². The minimum atomic E-state index is -0.173. The summed E-state index contributed by atoms with van der Waals surface area (Å²) in [5, 5.41) is 0. The van der Waals surface area contributed by atoms with E-state index >= 15 is 0 Å². The molecular formula is C16H22N2O3. The highest BCUT2D eigenvalue weighted by molar-refractivity contribution is 5.99. The largest absolute Gasteiger partial charge is 0.497 e. The number of piperazine rings is 1. The lowest BCUT2D eigenvalue weighted by atomic mass is 10.1. The van der Waals surface area contributed by atoms with Crippen LogP contribution in [0.2, 0.25) is 0 Å². The van der Waals surface area contributed by atoms with Crippen LogP contribution in [0.15, 0.2) is 30.9 Å². The monoisotopic (exact) mass is 290 g/mol. The molecule has 0 spiro atoms. The molecule has 21 heavy (non-hydrogen) atoms. The van der Waals surface area contributed by atoms with Gasteiger partial charge in [0.05, 0.1) is 25.9 Å². The van der Waals surface area contributed by atoms with Crippen LogP contribution in [0.25, 0.3) is 0 Å². The lowest BCUT2D eigenvalue weighted by molar-refractivity contribution is -0.124. The number of methoxy groups -OCH3 is 2. The van der Waals surface area contributed by atoms with Gasteiger partial charge in [0.15, 0.2) is 0 Å². The first-order chi connectivity index (χ1) is 10.1. The fourth-order valence-corrected chi connectivity index (χ4v) is 2.58. The summed E-state index contributed by atoms with van der Waals surface area (Å²) < 4.78 is 10.6. The Labute approximate surface area is 125 Å². The van der Waals surface area contributed by atoms with Crippen molar-refractivity contribution in [3.05, 3.63) is 30.9 Å². The quantitative estimate of drug-likeness (QED) is 0.777. The number of benzene rings is 1. The summed E-state index contributed by atoms with van der Waals surface area (Å²) in [5.74, 6) is 1.45. The molecule has 0 aliphatic carbocycles. The van der Waals surface area contributed by atoms with E-state index in [1.807, 2.05) is 31.2 Å².